The summed E-state index contributed by atoms with van der Waals surface area (Å²) >= 11 is 1.63. The Morgan fingerprint density at radius 2 is 1.83 bits per heavy atom. The van der Waals surface area contributed by atoms with E-state index in [0.29, 0.717) is 0 Å². The molecule has 3 heteroatoms. The first kappa shape index (κ1) is 11.9. The van der Waals surface area contributed by atoms with Gasteiger partial charge in [0.1, 0.15) is 10.6 Å². The summed E-state index contributed by atoms with van der Waals surface area (Å²) in [7, 11) is 0. The maximum atomic E-state index is 10.3. The number of rotatable bonds is 2. The van der Waals surface area contributed by atoms with Crippen molar-refractivity contribution >= 4 is 11.3 Å². The minimum absolute atomic E-state index is 0.637. The molecular weight excluding hydrogens is 242 g/mol. The first-order valence-corrected chi connectivity index (χ1v) is 7.16. The van der Waals surface area contributed by atoms with Crippen molar-refractivity contribution in [3.63, 3.8) is 0 Å². The van der Waals surface area contributed by atoms with Gasteiger partial charge in [-0.15, -0.1) is 11.3 Å². The smallest absolute Gasteiger partial charge is 0.125 e. The van der Waals surface area contributed by atoms with E-state index in [4.69, 9.17) is 0 Å². The number of aliphatic hydroxyl groups is 1. The van der Waals surface area contributed by atoms with Crippen LogP contribution in [-0.2, 0) is 5.60 Å². The molecular formula is C15H17NOS. The molecule has 1 heterocycles. The molecule has 1 aliphatic rings. The van der Waals surface area contributed by atoms with Gasteiger partial charge >= 0.3 is 0 Å². The maximum absolute atomic E-state index is 10.3. The van der Waals surface area contributed by atoms with Crippen molar-refractivity contribution in [1.82, 2.24) is 4.98 Å². The standard InChI is InChI=1S/C15H17NOS/c1-10-6-11(2)8-12(7-10)13-9-16-14(18-13)15(17)4-3-5-15/h6-9,17H,3-5H2,1-2H3. The summed E-state index contributed by atoms with van der Waals surface area (Å²) in [5, 5.41) is 11.2. The van der Waals surface area contributed by atoms with Gasteiger partial charge in [0.2, 0.25) is 0 Å². The van der Waals surface area contributed by atoms with Crippen LogP contribution in [0.4, 0.5) is 0 Å². The third kappa shape index (κ3) is 1.98. The molecule has 1 N–H and O–H groups in total. The second kappa shape index (κ2) is 4.18. The Kier molecular flexibility index (Phi) is 2.76. The molecule has 0 spiro atoms. The van der Waals surface area contributed by atoms with Crippen molar-refractivity contribution in [2.24, 2.45) is 0 Å². The van der Waals surface area contributed by atoms with Crippen molar-refractivity contribution in [2.45, 2.75) is 38.7 Å². The van der Waals surface area contributed by atoms with Crippen molar-refractivity contribution in [1.29, 1.82) is 0 Å². The van der Waals surface area contributed by atoms with Gasteiger partial charge in [-0.1, -0.05) is 29.3 Å². The minimum Gasteiger partial charge on any atom is -0.383 e. The Morgan fingerprint density at radius 3 is 2.39 bits per heavy atom. The van der Waals surface area contributed by atoms with E-state index in [1.807, 2.05) is 6.20 Å². The number of hydrogen-bond acceptors (Lipinski definition) is 3. The van der Waals surface area contributed by atoms with E-state index in [9.17, 15) is 5.11 Å². The average molecular weight is 259 g/mol. The molecule has 0 atom stereocenters. The normalized spacial score (nSPS) is 17.5. The predicted molar refractivity (Wildman–Crippen MR) is 74.8 cm³/mol. The van der Waals surface area contributed by atoms with E-state index in [0.717, 1.165) is 29.1 Å². The van der Waals surface area contributed by atoms with Gasteiger partial charge in [0.05, 0.1) is 4.88 Å². The first-order chi connectivity index (χ1) is 8.57. The first-order valence-electron chi connectivity index (χ1n) is 6.34. The zero-order valence-electron chi connectivity index (χ0n) is 10.7. The van der Waals surface area contributed by atoms with E-state index in [2.05, 4.69) is 37.0 Å². The summed E-state index contributed by atoms with van der Waals surface area (Å²) in [6.45, 7) is 4.22. The molecule has 3 rings (SSSR count). The summed E-state index contributed by atoms with van der Waals surface area (Å²) in [5.74, 6) is 0. The van der Waals surface area contributed by atoms with Crippen LogP contribution in [0.25, 0.3) is 10.4 Å². The van der Waals surface area contributed by atoms with Crippen LogP contribution in [0.2, 0.25) is 0 Å². The Hall–Kier alpha value is -1.19. The van der Waals surface area contributed by atoms with Gasteiger partial charge in [0, 0.05) is 6.20 Å². The van der Waals surface area contributed by atoms with Crippen molar-refractivity contribution in [3.05, 3.63) is 40.5 Å². The SMILES string of the molecule is Cc1cc(C)cc(-c2cnc(C3(O)CCC3)s2)c1. The molecule has 0 unspecified atom stereocenters. The number of thiazole rings is 1. The lowest BCUT2D eigenvalue weighted by atomic mass is 9.81. The van der Waals surface area contributed by atoms with Crippen LogP contribution in [0.3, 0.4) is 0 Å². The molecule has 2 nitrogen and oxygen atoms in total. The predicted octanol–water partition coefficient (Wildman–Crippen LogP) is 3.80. The molecule has 2 aromatic rings. The molecule has 94 valence electrons. The van der Waals surface area contributed by atoms with E-state index in [-0.39, 0.29) is 0 Å². The monoisotopic (exact) mass is 259 g/mol. The number of aromatic nitrogens is 1. The lowest BCUT2D eigenvalue weighted by molar-refractivity contribution is -0.0389. The molecule has 0 radical (unpaired) electrons. The second-order valence-electron chi connectivity index (χ2n) is 5.29. The van der Waals surface area contributed by atoms with Gasteiger partial charge < -0.3 is 5.11 Å². The Morgan fingerprint density at radius 1 is 1.17 bits per heavy atom. The summed E-state index contributed by atoms with van der Waals surface area (Å²) in [6, 6.07) is 6.52. The van der Waals surface area contributed by atoms with Crippen molar-refractivity contribution in [3.8, 4) is 10.4 Å². The van der Waals surface area contributed by atoms with Crippen LogP contribution in [0, 0.1) is 13.8 Å². The number of aryl methyl sites for hydroxylation is 2. The van der Waals surface area contributed by atoms with Crippen molar-refractivity contribution < 1.29 is 5.11 Å². The van der Waals surface area contributed by atoms with E-state index >= 15 is 0 Å². The molecule has 18 heavy (non-hydrogen) atoms. The summed E-state index contributed by atoms with van der Waals surface area (Å²) in [4.78, 5) is 5.56. The van der Waals surface area contributed by atoms with Crippen molar-refractivity contribution in [2.75, 3.05) is 0 Å². The highest BCUT2D eigenvalue weighted by Gasteiger charge is 2.39. The highest BCUT2D eigenvalue weighted by molar-refractivity contribution is 7.15. The van der Waals surface area contributed by atoms with Gasteiger partial charge in [0.15, 0.2) is 0 Å². The summed E-state index contributed by atoms with van der Waals surface area (Å²) in [6.07, 6.45) is 4.71. The Bertz CT molecular complexity index is 564. The molecule has 1 aromatic heterocycles. The van der Waals surface area contributed by atoms with Gasteiger partial charge in [-0.3, -0.25) is 0 Å². The fraction of sp³-hybridized carbons (Fsp3) is 0.400. The highest BCUT2D eigenvalue weighted by atomic mass is 32.1. The van der Waals surface area contributed by atoms with Crippen LogP contribution in [0.5, 0.6) is 0 Å². The van der Waals surface area contributed by atoms with Crippen LogP contribution < -0.4 is 0 Å². The fourth-order valence-electron chi connectivity index (χ4n) is 2.47. The Labute approximate surface area is 111 Å². The molecule has 0 aliphatic heterocycles. The highest BCUT2D eigenvalue weighted by Crippen LogP contribution is 2.44. The lowest BCUT2D eigenvalue weighted by Gasteiger charge is -2.34. The molecule has 0 amide bonds. The topological polar surface area (TPSA) is 33.1 Å². The van der Waals surface area contributed by atoms with E-state index in [1.54, 1.807) is 11.3 Å². The zero-order valence-corrected chi connectivity index (χ0v) is 11.5. The molecule has 0 bridgehead atoms. The zero-order chi connectivity index (χ0) is 12.8. The summed E-state index contributed by atoms with van der Waals surface area (Å²) in [5.41, 5.74) is 3.10. The molecule has 1 aliphatic carbocycles. The lowest BCUT2D eigenvalue weighted by Crippen LogP contribution is -2.33. The third-order valence-electron chi connectivity index (χ3n) is 3.59. The van der Waals surface area contributed by atoms with Crippen LogP contribution in [-0.4, -0.2) is 10.1 Å². The van der Waals surface area contributed by atoms with E-state index < -0.39 is 5.60 Å². The number of benzene rings is 1. The molecule has 1 saturated carbocycles. The number of hydrogen-bond donors (Lipinski definition) is 1. The number of nitrogens with zero attached hydrogens (tertiary/aromatic N) is 1. The molecule has 1 aromatic carbocycles. The van der Waals surface area contributed by atoms with Crippen LogP contribution >= 0.6 is 11.3 Å². The molecule has 0 saturated heterocycles. The minimum atomic E-state index is -0.637. The largest absolute Gasteiger partial charge is 0.383 e. The van der Waals surface area contributed by atoms with Crippen LogP contribution in [0.1, 0.15) is 35.4 Å². The van der Waals surface area contributed by atoms with Gasteiger partial charge in [0.25, 0.3) is 0 Å². The second-order valence-corrected chi connectivity index (χ2v) is 6.32. The molecule has 1 fully saturated rings. The van der Waals surface area contributed by atoms with Crippen LogP contribution in [0.15, 0.2) is 24.4 Å². The quantitative estimate of drug-likeness (QED) is 0.890. The Balaban J connectivity index is 1.97. The third-order valence-corrected chi connectivity index (χ3v) is 4.83. The average Bonchev–Trinajstić information content (AvgIpc) is 2.74. The fourth-order valence-corrected chi connectivity index (χ4v) is 3.51. The van der Waals surface area contributed by atoms with Gasteiger partial charge in [-0.05, 0) is 38.7 Å². The van der Waals surface area contributed by atoms with E-state index in [1.165, 1.54) is 16.7 Å². The van der Waals surface area contributed by atoms with Gasteiger partial charge in [-0.2, -0.15) is 0 Å². The maximum Gasteiger partial charge on any atom is 0.125 e. The summed E-state index contributed by atoms with van der Waals surface area (Å²) < 4.78 is 0. The van der Waals surface area contributed by atoms with Gasteiger partial charge in [-0.25, -0.2) is 4.98 Å².